The lowest BCUT2D eigenvalue weighted by Gasteiger charge is -2.23. The van der Waals surface area contributed by atoms with Crippen molar-refractivity contribution in [2.24, 2.45) is 11.8 Å². The number of aryl methyl sites for hydroxylation is 1. The number of aromatic nitrogens is 1. The van der Waals surface area contributed by atoms with Crippen molar-refractivity contribution in [2.75, 3.05) is 31.1 Å². The molecule has 1 aromatic rings. The topological polar surface area (TPSA) is 36.4 Å². The van der Waals surface area contributed by atoms with Gasteiger partial charge in [0.15, 0.2) is 0 Å². The summed E-state index contributed by atoms with van der Waals surface area (Å²) in [6, 6.07) is 3.68. The molecule has 0 unspecified atom stereocenters. The third-order valence-corrected chi connectivity index (χ3v) is 4.61. The van der Waals surface area contributed by atoms with Crippen molar-refractivity contribution in [1.82, 2.24) is 9.88 Å². The van der Waals surface area contributed by atoms with E-state index in [0.717, 1.165) is 44.1 Å². The fraction of sp³-hybridized carbons (Fsp3) is 0.625. The van der Waals surface area contributed by atoms with Gasteiger partial charge in [0.2, 0.25) is 6.41 Å². The maximum Gasteiger partial charge on any atom is 0.209 e. The molecule has 0 saturated carbocycles. The van der Waals surface area contributed by atoms with E-state index in [0.29, 0.717) is 17.4 Å². The van der Waals surface area contributed by atoms with Gasteiger partial charge < -0.3 is 9.80 Å². The second kappa shape index (κ2) is 4.97. The summed E-state index contributed by atoms with van der Waals surface area (Å²) in [4.78, 5) is 19.5. The summed E-state index contributed by atoms with van der Waals surface area (Å²) in [6.45, 7) is 8.52. The molecule has 0 spiro atoms. The summed E-state index contributed by atoms with van der Waals surface area (Å²) in [5.74, 6) is 1.89. The van der Waals surface area contributed by atoms with Gasteiger partial charge in [-0.05, 0) is 38.5 Å². The number of carbonyl (C=O) groups is 1. The van der Waals surface area contributed by atoms with Crippen molar-refractivity contribution in [3.63, 3.8) is 0 Å². The maximum atomic E-state index is 14.2. The Kier molecular flexibility index (Phi) is 3.38. The molecule has 1 aromatic heterocycles. The van der Waals surface area contributed by atoms with Crippen molar-refractivity contribution < 1.29 is 9.18 Å². The highest BCUT2D eigenvalue weighted by atomic mass is 19.1. The van der Waals surface area contributed by atoms with Crippen LogP contribution in [0.2, 0.25) is 0 Å². The largest absolute Gasteiger partial charge is 0.356 e. The molecule has 2 atom stereocenters. The lowest BCUT2D eigenvalue weighted by molar-refractivity contribution is -0.117. The SMILES string of the molecule is Cc1cc(C(C)(C)F)cc(N2C[C@H]3CN(C=O)C[C@H]3C2)n1. The third-order valence-electron chi connectivity index (χ3n) is 4.61. The maximum absolute atomic E-state index is 14.2. The number of hydrogen-bond donors (Lipinski definition) is 0. The molecule has 4 nitrogen and oxygen atoms in total. The molecule has 0 bridgehead atoms. The Hall–Kier alpha value is -1.65. The monoisotopic (exact) mass is 291 g/mol. The molecular formula is C16H22FN3O. The molecule has 0 aromatic carbocycles. The zero-order valence-electron chi connectivity index (χ0n) is 12.8. The van der Waals surface area contributed by atoms with Gasteiger partial charge in [-0.25, -0.2) is 9.37 Å². The molecule has 3 rings (SSSR count). The molecule has 0 N–H and O–H groups in total. The summed E-state index contributed by atoms with van der Waals surface area (Å²) in [7, 11) is 0. The zero-order chi connectivity index (χ0) is 15.2. The Balaban J connectivity index is 1.80. The van der Waals surface area contributed by atoms with E-state index >= 15 is 0 Å². The van der Waals surface area contributed by atoms with Crippen LogP contribution in [0.15, 0.2) is 12.1 Å². The van der Waals surface area contributed by atoms with Crippen LogP contribution < -0.4 is 4.90 Å². The van der Waals surface area contributed by atoms with Gasteiger partial charge in [0, 0.05) is 43.7 Å². The zero-order valence-corrected chi connectivity index (χ0v) is 12.8. The number of anilines is 1. The molecule has 2 fully saturated rings. The smallest absolute Gasteiger partial charge is 0.209 e. The van der Waals surface area contributed by atoms with Crippen LogP contribution >= 0.6 is 0 Å². The number of fused-ring (bicyclic) bond motifs is 1. The number of carbonyl (C=O) groups excluding carboxylic acids is 1. The second-order valence-electron chi connectivity index (χ2n) is 6.81. The minimum Gasteiger partial charge on any atom is -0.356 e. The number of pyridine rings is 1. The van der Waals surface area contributed by atoms with Crippen molar-refractivity contribution in [2.45, 2.75) is 26.4 Å². The predicted octanol–water partition coefficient (Wildman–Crippen LogP) is 2.12. The standard InChI is InChI=1S/C16H22FN3O/c1-11-4-14(16(2,3)17)5-15(18-11)20-8-12-6-19(10-21)7-13(12)9-20/h4-5,10,12-13H,6-9H2,1-3H3/t12-,13+. The number of rotatable bonds is 3. The minimum absolute atomic E-state index is 0.513. The van der Waals surface area contributed by atoms with E-state index in [1.54, 1.807) is 13.8 Å². The molecule has 0 aliphatic carbocycles. The molecule has 0 radical (unpaired) electrons. The Morgan fingerprint density at radius 3 is 2.38 bits per heavy atom. The van der Waals surface area contributed by atoms with E-state index < -0.39 is 5.67 Å². The summed E-state index contributed by atoms with van der Waals surface area (Å²) >= 11 is 0. The van der Waals surface area contributed by atoms with Crippen molar-refractivity contribution in [1.29, 1.82) is 0 Å². The van der Waals surface area contributed by atoms with Crippen molar-refractivity contribution in [3.05, 3.63) is 23.4 Å². The lowest BCUT2D eigenvalue weighted by Crippen LogP contribution is -2.29. The molecule has 2 aliphatic heterocycles. The lowest BCUT2D eigenvalue weighted by atomic mass is 10.0. The first-order valence-corrected chi connectivity index (χ1v) is 7.49. The fourth-order valence-corrected chi connectivity index (χ4v) is 3.46. The highest BCUT2D eigenvalue weighted by Gasteiger charge is 2.40. The first-order valence-electron chi connectivity index (χ1n) is 7.49. The van der Waals surface area contributed by atoms with E-state index in [4.69, 9.17) is 0 Å². The Bertz CT molecular complexity index is 541. The van der Waals surface area contributed by atoms with E-state index in [9.17, 15) is 9.18 Å². The Labute approximate surface area is 125 Å². The van der Waals surface area contributed by atoms with Crippen LogP contribution in [0.4, 0.5) is 10.2 Å². The normalized spacial score (nSPS) is 25.3. The van der Waals surface area contributed by atoms with Gasteiger partial charge in [0.1, 0.15) is 11.5 Å². The first kappa shape index (κ1) is 14.3. The summed E-state index contributed by atoms with van der Waals surface area (Å²) in [5.41, 5.74) is 0.170. The highest BCUT2D eigenvalue weighted by molar-refractivity contribution is 5.50. The van der Waals surface area contributed by atoms with Gasteiger partial charge in [0.25, 0.3) is 0 Å². The van der Waals surface area contributed by atoms with Crippen LogP contribution in [0.3, 0.4) is 0 Å². The molecule has 21 heavy (non-hydrogen) atoms. The van der Waals surface area contributed by atoms with Gasteiger partial charge in [0.05, 0.1) is 0 Å². The summed E-state index contributed by atoms with van der Waals surface area (Å²) in [5, 5.41) is 0. The Morgan fingerprint density at radius 2 is 1.86 bits per heavy atom. The molecular weight excluding hydrogens is 269 g/mol. The van der Waals surface area contributed by atoms with Crippen LogP contribution in [-0.2, 0) is 10.5 Å². The summed E-state index contributed by atoms with van der Waals surface area (Å²) < 4.78 is 14.2. The average Bonchev–Trinajstić information content (AvgIpc) is 2.94. The first-order chi connectivity index (χ1) is 9.86. The van der Waals surface area contributed by atoms with Gasteiger partial charge >= 0.3 is 0 Å². The fourth-order valence-electron chi connectivity index (χ4n) is 3.46. The number of nitrogens with zero attached hydrogens (tertiary/aromatic N) is 3. The van der Waals surface area contributed by atoms with Crippen LogP contribution in [0.5, 0.6) is 0 Å². The predicted molar refractivity (Wildman–Crippen MR) is 79.9 cm³/mol. The quantitative estimate of drug-likeness (QED) is 0.800. The number of hydrogen-bond acceptors (Lipinski definition) is 3. The van der Waals surface area contributed by atoms with Crippen molar-refractivity contribution in [3.8, 4) is 0 Å². The number of amides is 1. The average molecular weight is 291 g/mol. The molecule has 2 saturated heterocycles. The van der Waals surface area contributed by atoms with Gasteiger partial charge in [-0.2, -0.15) is 0 Å². The Morgan fingerprint density at radius 1 is 1.24 bits per heavy atom. The molecule has 3 heterocycles. The van der Waals surface area contributed by atoms with Crippen LogP contribution in [-0.4, -0.2) is 42.5 Å². The second-order valence-corrected chi connectivity index (χ2v) is 6.81. The van der Waals surface area contributed by atoms with E-state index in [-0.39, 0.29) is 0 Å². The van der Waals surface area contributed by atoms with E-state index in [1.165, 1.54) is 0 Å². The number of halogens is 1. The minimum atomic E-state index is -1.35. The van der Waals surface area contributed by atoms with Crippen LogP contribution in [0.1, 0.15) is 25.1 Å². The molecule has 5 heteroatoms. The third kappa shape index (κ3) is 2.74. The molecule has 2 aliphatic rings. The molecule has 1 amide bonds. The van der Waals surface area contributed by atoms with E-state index in [1.807, 2.05) is 24.0 Å². The van der Waals surface area contributed by atoms with Gasteiger partial charge in [-0.15, -0.1) is 0 Å². The summed E-state index contributed by atoms with van der Waals surface area (Å²) in [6.07, 6.45) is 0.942. The van der Waals surface area contributed by atoms with Crippen LogP contribution in [0.25, 0.3) is 0 Å². The van der Waals surface area contributed by atoms with E-state index in [2.05, 4.69) is 9.88 Å². The van der Waals surface area contributed by atoms with Gasteiger partial charge in [-0.1, -0.05) is 0 Å². The van der Waals surface area contributed by atoms with Crippen LogP contribution in [0, 0.1) is 18.8 Å². The highest BCUT2D eigenvalue weighted by Crippen LogP contribution is 2.34. The number of alkyl halides is 1. The van der Waals surface area contributed by atoms with Gasteiger partial charge in [-0.3, -0.25) is 4.79 Å². The molecule has 114 valence electrons. The van der Waals surface area contributed by atoms with Crippen molar-refractivity contribution >= 4 is 12.2 Å². The number of likely N-dealkylation sites (tertiary alicyclic amines) is 1.